The summed E-state index contributed by atoms with van der Waals surface area (Å²) in [6.45, 7) is 6.73. The maximum Gasteiger partial charge on any atom is 0.410 e. The second-order valence-corrected chi connectivity index (χ2v) is 5.21. The molecular weight excluding hydrogens is 206 g/mol. The first-order chi connectivity index (χ1) is 7.38. The van der Waals surface area contributed by atoms with Crippen molar-refractivity contribution in [3.05, 3.63) is 0 Å². The van der Waals surface area contributed by atoms with E-state index in [9.17, 15) is 9.59 Å². The van der Waals surface area contributed by atoms with Crippen molar-refractivity contribution in [3.8, 4) is 0 Å². The molecule has 1 aliphatic heterocycles. The first-order valence-corrected chi connectivity index (χ1v) is 5.88. The molecule has 4 nitrogen and oxygen atoms in total. The van der Waals surface area contributed by atoms with Crippen LogP contribution in [0.1, 0.15) is 46.5 Å². The van der Waals surface area contributed by atoms with Gasteiger partial charge in [-0.3, -0.25) is 4.79 Å². The van der Waals surface area contributed by atoms with Gasteiger partial charge >= 0.3 is 6.09 Å². The van der Waals surface area contributed by atoms with Crippen LogP contribution in [0, 0.1) is 0 Å². The lowest BCUT2D eigenvalue weighted by molar-refractivity contribution is -0.119. The molecule has 1 saturated heterocycles. The molecular formula is C12H21NO3. The largest absolute Gasteiger partial charge is 0.444 e. The number of nitrogens with zero attached hydrogens (tertiary/aromatic N) is 1. The van der Waals surface area contributed by atoms with E-state index < -0.39 is 5.60 Å². The van der Waals surface area contributed by atoms with E-state index >= 15 is 0 Å². The fourth-order valence-corrected chi connectivity index (χ4v) is 1.63. The van der Waals surface area contributed by atoms with Crippen molar-refractivity contribution in [3.63, 3.8) is 0 Å². The van der Waals surface area contributed by atoms with E-state index in [4.69, 9.17) is 4.74 Å². The smallest absolute Gasteiger partial charge is 0.410 e. The maximum atomic E-state index is 11.8. The number of Topliss-reactive ketones (excluding diaryl/α,β-unsaturated/α-hetero) is 1. The van der Waals surface area contributed by atoms with Crippen LogP contribution in [0.2, 0.25) is 0 Å². The van der Waals surface area contributed by atoms with Crippen molar-refractivity contribution in [2.24, 2.45) is 0 Å². The van der Waals surface area contributed by atoms with Crippen molar-refractivity contribution in [1.82, 2.24) is 4.90 Å². The normalized spacial score (nSPS) is 18.9. The molecule has 0 atom stereocenters. The van der Waals surface area contributed by atoms with Gasteiger partial charge in [-0.1, -0.05) is 0 Å². The number of hydrogen-bond donors (Lipinski definition) is 0. The zero-order valence-corrected chi connectivity index (χ0v) is 10.4. The SMILES string of the molecule is CC(C)(C)OC(=O)N1CCCCC(=O)CC1. The van der Waals surface area contributed by atoms with Crippen LogP contribution in [0.4, 0.5) is 4.79 Å². The Balaban J connectivity index is 2.50. The summed E-state index contributed by atoms with van der Waals surface area (Å²) in [4.78, 5) is 24.7. The second-order valence-electron chi connectivity index (χ2n) is 5.21. The molecule has 92 valence electrons. The summed E-state index contributed by atoms with van der Waals surface area (Å²) in [5.41, 5.74) is -0.469. The molecule has 0 N–H and O–H groups in total. The Hall–Kier alpha value is -1.06. The monoisotopic (exact) mass is 227 g/mol. The van der Waals surface area contributed by atoms with E-state index in [2.05, 4.69) is 0 Å². The number of rotatable bonds is 0. The lowest BCUT2D eigenvalue weighted by Gasteiger charge is -2.28. The molecule has 16 heavy (non-hydrogen) atoms. The van der Waals surface area contributed by atoms with Crippen LogP contribution in [-0.2, 0) is 9.53 Å². The number of carbonyl (C=O) groups excluding carboxylic acids is 2. The summed E-state index contributed by atoms with van der Waals surface area (Å²) in [5.74, 6) is 0.244. The topological polar surface area (TPSA) is 46.6 Å². The third kappa shape index (κ3) is 4.64. The standard InChI is InChI=1S/C12H21NO3/c1-12(2,3)16-11(15)13-8-5-4-6-10(14)7-9-13/h4-9H2,1-3H3. The quantitative estimate of drug-likeness (QED) is 0.638. The average Bonchev–Trinajstić information content (AvgIpc) is 2.08. The molecule has 1 amide bonds. The minimum atomic E-state index is -0.469. The fourth-order valence-electron chi connectivity index (χ4n) is 1.63. The van der Waals surface area contributed by atoms with Gasteiger partial charge in [0.2, 0.25) is 0 Å². The number of ether oxygens (including phenoxy) is 1. The number of amides is 1. The lowest BCUT2D eigenvalue weighted by Crippen LogP contribution is -2.39. The molecule has 0 spiro atoms. The van der Waals surface area contributed by atoms with Gasteiger partial charge in [-0.25, -0.2) is 4.79 Å². The van der Waals surface area contributed by atoms with Gasteiger partial charge in [0.25, 0.3) is 0 Å². The molecule has 0 unspecified atom stereocenters. The van der Waals surface area contributed by atoms with Gasteiger partial charge in [-0.2, -0.15) is 0 Å². The van der Waals surface area contributed by atoms with Gasteiger partial charge in [0.1, 0.15) is 11.4 Å². The van der Waals surface area contributed by atoms with Gasteiger partial charge < -0.3 is 9.64 Å². The van der Waals surface area contributed by atoms with Crippen LogP contribution in [0.15, 0.2) is 0 Å². The third-order valence-corrected chi connectivity index (χ3v) is 2.45. The molecule has 0 aromatic carbocycles. The van der Waals surface area contributed by atoms with Crippen LogP contribution >= 0.6 is 0 Å². The number of hydrogen-bond acceptors (Lipinski definition) is 3. The molecule has 4 heteroatoms. The first-order valence-electron chi connectivity index (χ1n) is 5.88. The van der Waals surface area contributed by atoms with Gasteiger partial charge in [-0.05, 0) is 33.6 Å². The van der Waals surface area contributed by atoms with Crippen molar-refractivity contribution in [2.75, 3.05) is 13.1 Å². The van der Waals surface area contributed by atoms with E-state index in [0.29, 0.717) is 25.9 Å². The number of ketones is 1. The number of likely N-dealkylation sites (tertiary alicyclic amines) is 1. The van der Waals surface area contributed by atoms with Crippen LogP contribution in [0.3, 0.4) is 0 Å². The summed E-state index contributed by atoms with van der Waals surface area (Å²) in [5, 5.41) is 0. The van der Waals surface area contributed by atoms with E-state index in [0.717, 1.165) is 12.8 Å². The zero-order valence-electron chi connectivity index (χ0n) is 10.4. The minimum Gasteiger partial charge on any atom is -0.444 e. The Kier molecular flexibility index (Phi) is 4.33. The average molecular weight is 227 g/mol. The highest BCUT2D eigenvalue weighted by Gasteiger charge is 2.23. The summed E-state index contributed by atoms with van der Waals surface area (Å²) < 4.78 is 5.28. The van der Waals surface area contributed by atoms with Crippen LogP contribution in [0.5, 0.6) is 0 Å². The molecule has 0 radical (unpaired) electrons. The number of carbonyl (C=O) groups is 2. The molecule has 0 aromatic heterocycles. The Labute approximate surface area is 96.9 Å². The Bertz CT molecular complexity index is 268. The summed E-state index contributed by atoms with van der Waals surface area (Å²) in [7, 11) is 0. The summed E-state index contributed by atoms with van der Waals surface area (Å²) >= 11 is 0. The van der Waals surface area contributed by atoms with Gasteiger partial charge in [0.15, 0.2) is 0 Å². The highest BCUT2D eigenvalue weighted by molar-refractivity contribution is 5.79. The minimum absolute atomic E-state index is 0.244. The van der Waals surface area contributed by atoms with E-state index in [1.807, 2.05) is 20.8 Å². The highest BCUT2D eigenvalue weighted by Crippen LogP contribution is 2.13. The summed E-state index contributed by atoms with van der Waals surface area (Å²) in [6, 6.07) is 0. The maximum absolute atomic E-state index is 11.8. The second kappa shape index (κ2) is 5.32. The molecule has 1 heterocycles. The molecule has 0 aliphatic carbocycles. The van der Waals surface area contributed by atoms with Gasteiger partial charge in [-0.15, -0.1) is 0 Å². The zero-order chi connectivity index (χ0) is 12.2. The molecule has 0 saturated carbocycles. The van der Waals surface area contributed by atoms with Gasteiger partial charge in [0.05, 0.1) is 0 Å². The van der Waals surface area contributed by atoms with Crippen molar-refractivity contribution in [2.45, 2.75) is 52.1 Å². The molecule has 0 bridgehead atoms. The third-order valence-electron chi connectivity index (χ3n) is 2.45. The van der Waals surface area contributed by atoms with Crippen molar-refractivity contribution in [1.29, 1.82) is 0 Å². The Morgan fingerprint density at radius 1 is 1.19 bits per heavy atom. The van der Waals surface area contributed by atoms with Crippen molar-refractivity contribution < 1.29 is 14.3 Å². The molecule has 1 fully saturated rings. The van der Waals surface area contributed by atoms with Crippen molar-refractivity contribution >= 4 is 11.9 Å². The lowest BCUT2D eigenvalue weighted by atomic mass is 10.1. The first kappa shape index (κ1) is 13.0. The Morgan fingerprint density at radius 2 is 1.88 bits per heavy atom. The molecule has 1 rings (SSSR count). The summed E-state index contributed by atoms with van der Waals surface area (Å²) in [6.07, 6.45) is 2.56. The predicted octanol–water partition coefficient (Wildman–Crippen LogP) is 2.37. The molecule has 1 aliphatic rings. The van der Waals surface area contributed by atoms with Crippen LogP contribution in [-0.4, -0.2) is 35.5 Å². The van der Waals surface area contributed by atoms with E-state index in [-0.39, 0.29) is 11.9 Å². The highest BCUT2D eigenvalue weighted by atomic mass is 16.6. The van der Waals surface area contributed by atoms with E-state index in [1.54, 1.807) is 4.90 Å². The van der Waals surface area contributed by atoms with E-state index in [1.165, 1.54) is 0 Å². The Morgan fingerprint density at radius 3 is 2.50 bits per heavy atom. The molecule has 0 aromatic rings. The fraction of sp³-hybridized carbons (Fsp3) is 0.833. The van der Waals surface area contributed by atoms with Gasteiger partial charge in [0, 0.05) is 25.9 Å². The predicted molar refractivity (Wildman–Crippen MR) is 61.3 cm³/mol. The van der Waals surface area contributed by atoms with Crippen LogP contribution in [0.25, 0.3) is 0 Å². The van der Waals surface area contributed by atoms with Crippen LogP contribution < -0.4 is 0 Å².